The third-order valence-corrected chi connectivity index (χ3v) is 8.38. The van der Waals surface area contributed by atoms with Crippen molar-refractivity contribution < 1.29 is 88.5 Å². The van der Waals surface area contributed by atoms with Crippen LogP contribution in [-0.4, -0.2) is 84.9 Å². The maximum Gasteiger partial charge on any atom is 1.00 e. The van der Waals surface area contributed by atoms with E-state index in [1.807, 2.05) is 17.5 Å². The van der Waals surface area contributed by atoms with E-state index in [9.17, 15) is 29.4 Å². The first-order valence-electron chi connectivity index (χ1n) is 10.3. The van der Waals surface area contributed by atoms with Gasteiger partial charge in [0.25, 0.3) is 5.91 Å². The summed E-state index contributed by atoms with van der Waals surface area (Å²) in [6, 6.07) is 2.87. The first kappa shape index (κ1) is 32.3. The van der Waals surface area contributed by atoms with Crippen molar-refractivity contribution in [2.24, 2.45) is 0 Å². The number of carboxylic acids is 2. The number of fused-ring (bicyclic) bond motifs is 1. The Bertz CT molecular complexity index is 1160. The number of thioether (sulfide) groups is 2. The first-order chi connectivity index (χ1) is 16.8. The predicted octanol–water partition coefficient (Wildman–Crippen LogP) is -9.18. The molecule has 1 fully saturated rings. The van der Waals surface area contributed by atoms with Crippen LogP contribution in [0.25, 0.3) is 0 Å². The number of tetrazole rings is 1. The Morgan fingerprint density at radius 2 is 2.03 bits per heavy atom. The standard InChI is InChI=1S/C19H21N7O6S3.2Na/c27-12(6-11-2-1-5-33-11)21-14-16(30)26-15(18(31)32)10(8-34-17(14)26)9-35-19-22-23-24-25(19)4-3-20-7-13(28)29;;/h1-2,5,14,17,20H,3-4,6-9H2,(H,21,27)(H,28,29)(H,31,32);;/q;2*+1/p-2/t14?,17-;;/m1../s1. The fraction of sp³-hybridized carbons (Fsp3) is 0.421. The second kappa shape index (κ2) is 15.0. The molecule has 186 valence electrons. The zero-order chi connectivity index (χ0) is 24.9. The number of hydrogen-bond acceptors (Lipinski definition) is 13. The molecule has 4 heterocycles. The van der Waals surface area contributed by atoms with Gasteiger partial charge in [0.1, 0.15) is 11.4 Å². The van der Waals surface area contributed by atoms with Gasteiger partial charge >= 0.3 is 59.1 Å². The van der Waals surface area contributed by atoms with Crippen LogP contribution in [0.4, 0.5) is 0 Å². The average Bonchev–Trinajstić information content (AvgIpc) is 3.50. The summed E-state index contributed by atoms with van der Waals surface area (Å²) in [5.74, 6) is -2.95. The Morgan fingerprint density at radius 1 is 1.24 bits per heavy atom. The zero-order valence-corrected chi connectivity index (χ0v) is 26.5. The van der Waals surface area contributed by atoms with Gasteiger partial charge in [0, 0.05) is 29.5 Å². The number of carboxylic acid groups (broad SMARTS) is 2. The first-order valence-corrected chi connectivity index (χ1v) is 13.3. The van der Waals surface area contributed by atoms with E-state index in [1.165, 1.54) is 44.4 Å². The molecule has 0 radical (unpaired) electrons. The van der Waals surface area contributed by atoms with Crippen molar-refractivity contribution in [3.05, 3.63) is 33.7 Å². The molecule has 2 N–H and O–H groups in total. The van der Waals surface area contributed by atoms with Crippen molar-refractivity contribution >= 4 is 58.6 Å². The average molecular weight is 584 g/mol. The number of β-lactam (4-membered cyclic amide) rings is 1. The van der Waals surface area contributed by atoms with Crippen LogP contribution in [0.5, 0.6) is 0 Å². The Labute approximate surface area is 268 Å². The van der Waals surface area contributed by atoms with E-state index in [-0.39, 0.29) is 89.4 Å². The minimum Gasteiger partial charge on any atom is -0.549 e. The van der Waals surface area contributed by atoms with Crippen molar-refractivity contribution in [1.82, 2.24) is 35.7 Å². The maximum absolute atomic E-state index is 12.8. The third-order valence-electron chi connectivity index (χ3n) is 5.12. The number of amides is 2. The fourth-order valence-electron chi connectivity index (χ4n) is 3.55. The molecule has 0 aromatic carbocycles. The minimum absolute atomic E-state index is 0. The number of rotatable bonds is 12. The number of aliphatic carboxylic acids is 2. The number of thiophene rings is 1. The van der Waals surface area contributed by atoms with E-state index in [0.29, 0.717) is 29.6 Å². The fourth-order valence-corrected chi connectivity index (χ4v) is 6.64. The van der Waals surface area contributed by atoms with Crippen LogP contribution in [0, 0.1) is 0 Å². The van der Waals surface area contributed by atoms with Crippen LogP contribution in [0.3, 0.4) is 0 Å². The quantitative estimate of drug-likeness (QED) is 0.104. The van der Waals surface area contributed by atoms with Gasteiger partial charge in [-0.05, 0) is 27.4 Å². The summed E-state index contributed by atoms with van der Waals surface area (Å²) in [4.78, 5) is 49.5. The number of hydrogen-bond donors (Lipinski definition) is 2. The number of nitrogens with one attached hydrogen (secondary N) is 2. The van der Waals surface area contributed by atoms with Crippen LogP contribution < -0.4 is 80.0 Å². The Kier molecular flexibility index (Phi) is 13.1. The van der Waals surface area contributed by atoms with Gasteiger partial charge in [0.05, 0.1) is 30.6 Å². The van der Waals surface area contributed by atoms with Crippen molar-refractivity contribution in [3.63, 3.8) is 0 Å². The van der Waals surface area contributed by atoms with Gasteiger partial charge in [0.15, 0.2) is 0 Å². The number of carbonyl (C=O) groups is 4. The summed E-state index contributed by atoms with van der Waals surface area (Å²) in [5, 5.41) is 40.9. The van der Waals surface area contributed by atoms with Gasteiger partial charge in [0.2, 0.25) is 11.1 Å². The Balaban J connectivity index is 0.00000241. The normalized spacial score (nSPS) is 18.3. The van der Waals surface area contributed by atoms with Gasteiger partial charge in [-0.3, -0.25) is 14.5 Å². The molecule has 2 aliphatic heterocycles. The number of carbonyl (C=O) groups excluding carboxylic acids is 4. The summed E-state index contributed by atoms with van der Waals surface area (Å²) >= 11 is 4.00. The molecule has 2 aliphatic rings. The molecule has 1 saturated heterocycles. The van der Waals surface area contributed by atoms with E-state index in [0.717, 1.165) is 4.88 Å². The summed E-state index contributed by atoms with van der Waals surface area (Å²) in [6.45, 7) is 0.284. The van der Waals surface area contributed by atoms with Gasteiger partial charge < -0.3 is 30.4 Å². The molecule has 1 unspecified atom stereocenters. The van der Waals surface area contributed by atoms with Crippen LogP contribution in [0.1, 0.15) is 4.88 Å². The molecular formula is C19H19N7Na2O6S3. The van der Waals surface area contributed by atoms with E-state index in [2.05, 4.69) is 26.2 Å². The second-order valence-electron chi connectivity index (χ2n) is 7.47. The molecule has 2 atom stereocenters. The second-order valence-corrected chi connectivity index (χ2v) is 10.6. The SMILES string of the molecule is O=C([O-])CNCCn1nnnc1SCC1=C(C(=O)[O-])N2C(=O)C(NC(=O)Cc3cccs3)[C@H]2SC1.[Na+].[Na+]. The van der Waals surface area contributed by atoms with Gasteiger partial charge in [-0.25, -0.2) is 4.68 Å². The number of nitrogens with zero attached hydrogens (tertiary/aromatic N) is 5. The molecule has 2 aromatic heterocycles. The Morgan fingerprint density at radius 3 is 2.70 bits per heavy atom. The maximum atomic E-state index is 12.8. The van der Waals surface area contributed by atoms with Crippen LogP contribution in [0.2, 0.25) is 0 Å². The summed E-state index contributed by atoms with van der Waals surface area (Å²) in [5.41, 5.74) is 0.294. The van der Waals surface area contributed by atoms with E-state index in [4.69, 9.17) is 0 Å². The van der Waals surface area contributed by atoms with Crippen LogP contribution in [0.15, 0.2) is 33.9 Å². The monoisotopic (exact) mass is 583 g/mol. The van der Waals surface area contributed by atoms with Crippen LogP contribution in [-0.2, 0) is 32.1 Å². The van der Waals surface area contributed by atoms with Gasteiger partial charge in [-0.1, -0.05) is 17.8 Å². The van der Waals surface area contributed by atoms with E-state index >= 15 is 0 Å². The molecule has 0 bridgehead atoms. The minimum atomic E-state index is -1.46. The summed E-state index contributed by atoms with van der Waals surface area (Å²) in [7, 11) is 0. The summed E-state index contributed by atoms with van der Waals surface area (Å²) < 4.78 is 1.46. The van der Waals surface area contributed by atoms with Gasteiger partial charge in [-0.15, -0.1) is 28.2 Å². The van der Waals surface area contributed by atoms with Crippen molar-refractivity contribution in [2.75, 3.05) is 24.6 Å². The van der Waals surface area contributed by atoms with Gasteiger partial charge in [-0.2, -0.15) is 0 Å². The molecule has 2 amide bonds. The topological polar surface area (TPSA) is 185 Å². The molecule has 13 nitrogen and oxygen atoms in total. The zero-order valence-electron chi connectivity index (χ0n) is 20.0. The van der Waals surface area contributed by atoms with Crippen molar-refractivity contribution in [2.45, 2.75) is 29.5 Å². The summed E-state index contributed by atoms with van der Waals surface area (Å²) in [6.07, 6.45) is 0.154. The molecule has 18 heteroatoms. The molecule has 4 rings (SSSR count). The van der Waals surface area contributed by atoms with E-state index < -0.39 is 29.3 Å². The molecule has 0 spiro atoms. The van der Waals surface area contributed by atoms with Crippen molar-refractivity contribution in [3.8, 4) is 0 Å². The molecule has 2 aromatic rings. The van der Waals surface area contributed by atoms with Crippen molar-refractivity contribution in [1.29, 1.82) is 0 Å². The molecule has 0 aliphatic carbocycles. The smallest absolute Gasteiger partial charge is 0.549 e. The predicted molar refractivity (Wildman–Crippen MR) is 121 cm³/mol. The van der Waals surface area contributed by atoms with E-state index in [1.54, 1.807) is 0 Å². The number of aromatic nitrogens is 4. The molecule has 37 heavy (non-hydrogen) atoms. The largest absolute Gasteiger partial charge is 1.00 e. The van der Waals surface area contributed by atoms with Crippen LogP contribution >= 0.6 is 34.9 Å². The third kappa shape index (κ3) is 8.03. The Hall–Kier alpha value is -0.950. The molecule has 0 saturated carbocycles. The molecular weight excluding hydrogens is 564 g/mol.